The third-order valence-corrected chi connectivity index (χ3v) is 4.64. The summed E-state index contributed by atoms with van der Waals surface area (Å²) in [6.45, 7) is 0.769. The number of amides is 1. The number of fused-ring (bicyclic) bond motifs is 1. The first kappa shape index (κ1) is 17.9. The Hall–Kier alpha value is -1.15. The van der Waals surface area contributed by atoms with Crippen molar-refractivity contribution in [3.8, 4) is 0 Å². The summed E-state index contributed by atoms with van der Waals surface area (Å²) in [6.07, 6.45) is 2.48. The summed E-state index contributed by atoms with van der Waals surface area (Å²) in [7, 11) is -3.51. The maximum absolute atomic E-state index is 12.1. The molecule has 1 heterocycles. The molecule has 1 aliphatic heterocycles. The van der Waals surface area contributed by atoms with Crippen molar-refractivity contribution in [2.75, 3.05) is 18.4 Å². The highest BCUT2D eigenvalue weighted by molar-refractivity contribution is 7.89. The zero-order valence-corrected chi connectivity index (χ0v) is 13.2. The van der Waals surface area contributed by atoms with Gasteiger partial charge in [0, 0.05) is 18.7 Å². The maximum atomic E-state index is 12.1. The van der Waals surface area contributed by atoms with E-state index >= 15 is 0 Å². The van der Waals surface area contributed by atoms with Crippen LogP contribution < -0.4 is 15.8 Å². The van der Waals surface area contributed by atoms with Gasteiger partial charge in [0.25, 0.3) is 0 Å². The smallest absolute Gasteiger partial charge is 0.240 e. The zero-order valence-electron chi connectivity index (χ0n) is 11.6. The van der Waals surface area contributed by atoms with Crippen molar-refractivity contribution in [2.45, 2.75) is 30.6 Å². The number of benzene rings is 1. The van der Waals surface area contributed by atoms with E-state index in [0.29, 0.717) is 38.0 Å². The van der Waals surface area contributed by atoms with E-state index in [1.165, 1.54) is 6.07 Å². The summed E-state index contributed by atoms with van der Waals surface area (Å²) in [5.74, 6) is -0.0274. The molecule has 0 saturated heterocycles. The highest BCUT2D eigenvalue weighted by Crippen LogP contribution is 2.25. The minimum Gasteiger partial charge on any atom is -0.330 e. The lowest BCUT2D eigenvalue weighted by Gasteiger charge is -2.10. The van der Waals surface area contributed by atoms with Crippen LogP contribution in [0.15, 0.2) is 23.1 Å². The maximum Gasteiger partial charge on any atom is 0.240 e. The van der Waals surface area contributed by atoms with Gasteiger partial charge in [0.1, 0.15) is 0 Å². The quantitative estimate of drug-likeness (QED) is 0.700. The molecule has 2 rings (SSSR count). The molecule has 1 aliphatic rings. The zero-order chi connectivity index (χ0) is 14.6. The Balaban J connectivity index is 0.00000220. The molecule has 1 amide bonds. The van der Waals surface area contributed by atoms with E-state index in [1.807, 2.05) is 0 Å². The average molecular weight is 334 g/mol. The second-order valence-corrected chi connectivity index (χ2v) is 6.53. The normalized spacial score (nSPS) is 14.6. The van der Waals surface area contributed by atoms with Crippen molar-refractivity contribution in [3.63, 3.8) is 0 Å². The molecule has 118 valence electrons. The highest BCUT2D eigenvalue weighted by Gasteiger charge is 2.18. The fraction of sp³-hybridized carbons (Fsp3) is 0.462. The lowest BCUT2D eigenvalue weighted by Crippen LogP contribution is -2.26. The minimum atomic E-state index is -3.51. The summed E-state index contributed by atoms with van der Waals surface area (Å²) < 4.78 is 26.7. The van der Waals surface area contributed by atoms with Gasteiger partial charge >= 0.3 is 0 Å². The Morgan fingerprint density at radius 1 is 1.29 bits per heavy atom. The number of anilines is 1. The van der Waals surface area contributed by atoms with E-state index < -0.39 is 10.0 Å². The topological polar surface area (TPSA) is 101 Å². The van der Waals surface area contributed by atoms with Crippen LogP contribution >= 0.6 is 12.4 Å². The van der Waals surface area contributed by atoms with Crippen LogP contribution in [-0.4, -0.2) is 27.4 Å². The van der Waals surface area contributed by atoms with Gasteiger partial charge in [0.05, 0.1) is 4.90 Å². The summed E-state index contributed by atoms with van der Waals surface area (Å²) in [5, 5.41) is 2.78. The van der Waals surface area contributed by atoms with Gasteiger partial charge in [-0.3, -0.25) is 4.79 Å². The van der Waals surface area contributed by atoms with Crippen LogP contribution in [0.4, 0.5) is 5.69 Å². The molecule has 8 heteroatoms. The molecule has 21 heavy (non-hydrogen) atoms. The van der Waals surface area contributed by atoms with E-state index in [1.54, 1.807) is 12.1 Å². The Bertz CT molecular complexity index is 605. The molecule has 0 aromatic heterocycles. The van der Waals surface area contributed by atoms with Crippen molar-refractivity contribution < 1.29 is 13.2 Å². The van der Waals surface area contributed by atoms with E-state index in [0.717, 1.165) is 12.0 Å². The van der Waals surface area contributed by atoms with Crippen LogP contribution in [-0.2, 0) is 21.2 Å². The molecular weight excluding hydrogens is 314 g/mol. The van der Waals surface area contributed by atoms with Crippen molar-refractivity contribution >= 4 is 34.0 Å². The van der Waals surface area contributed by atoms with E-state index in [2.05, 4.69) is 10.0 Å². The van der Waals surface area contributed by atoms with Gasteiger partial charge in [-0.05, 0) is 49.6 Å². The lowest BCUT2D eigenvalue weighted by molar-refractivity contribution is -0.116. The lowest BCUT2D eigenvalue weighted by atomic mass is 10.1. The van der Waals surface area contributed by atoms with Crippen LogP contribution in [0.5, 0.6) is 0 Å². The minimum absolute atomic E-state index is 0. The van der Waals surface area contributed by atoms with Crippen LogP contribution in [0, 0.1) is 0 Å². The standard InChI is InChI=1S/C13H19N3O3S.ClH/c14-7-2-8-15-20(18,19)11-5-6-12-10(9-11)3-1-4-13(17)16-12;/h5-6,9,15H,1-4,7-8,14H2,(H,16,17);1H. The molecule has 6 nitrogen and oxygen atoms in total. The van der Waals surface area contributed by atoms with Gasteiger partial charge < -0.3 is 11.1 Å². The molecular formula is C13H20ClN3O3S. The molecule has 1 aromatic rings. The van der Waals surface area contributed by atoms with Crippen molar-refractivity contribution in [3.05, 3.63) is 23.8 Å². The molecule has 0 spiro atoms. The first-order valence-electron chi connectivity index (χ1n) is 6.65. The number of hydrogen-bond acceptors (Lipinski definition) is 4. The molecule has 4 N–H and O–H groups in total. The van der Waals surface area contributed by atoms with Gasteiger partial charge in [-0.1, -0.05) is 0 Å². The third-order valence-electron chi connectivity index (χ3n) is 3.18. The fourth-order valence-corrected chi connectivity index (χ4v) is 3.23. The van der Waals surface area contributed by atoms with Crippen LogP contribution in [0.3, 0.4) is 0 Å². The summed E-state index contributed by atoms with van der Waals surface area (Å²) in [4.78, 5) is 11.7. The number of rotatable bonds is 5. The van der Waals surface area contributed by atoms with Gasteiger partial charge in [-0.25, -0.2) is 13.1 Å². The number of halogens is 1. The molecule has 0 atom stereocenters. The average Bonchev–Trinajstić information content (AvgIpc) is 2.58. The largest absolute Gasteiger partial charge is 0.330 e. The summed E-state index contributed by atoms with van der Waals surface area (Å²) in [6, 6.07) is 4.79. The second kappa shape index (κ2) is 7.74. The first-order chi connectivity index (χ1) is 9.53. The Morgan fingerprint density at radius 2 is 2.05 bits per heavy atom. The Labute approximate surface area is 130 Å². The number of carbonyl (C=O) groups is 1. The third kappa shape index (κ3) is 4.67. The predicted molar refractivity (Wildman–Crippen MR) is 84.1 cm³/mol. The van der Waals surface area contributed by atoms with Gasteiger partial charge in [-0.2, -0.15) is 0 Å². The Kier molecular flexibility index (Phi) is 6.60. The first-order valence-corrected chi connectivity index (χ1v) is 8.14. The summed E-state index contributed by atoms with van der Waals surface area (Å²) in [5.41, 5.74) is 6.90. The molecule has 0 fully saturated rings. The molecule has 0 aliphatic carbocycles. The molecule has 0 radical (unpaired) electrons. The second-order valence-electron chi connectivity index (χ2n) is 4.76. The number of nitrogens with one attached hydrogen (secondary N) is 2. The van der Waals surface area contributed by atoms with Crippen molar-refractivity contribution in [2.24, 2.45) is 5.73 Å². The van der Waals surface area contributed by atoms with Crippen molar-refractivity contribution in [1.82, 2.24) is 4.72 Å². The van der Waals surface area contributed by atoms with E-state index in [-0.39, 0.29) is 23.2 Å². The summed E-state index contributed by atoms with van der Waals surface area (Å²) >= 11 is 0. The molecule has 0 unspecified atom stereocenters. The number of hydrogen-bond donors (Lipinski definition) is 3. The van der Waals surface area contributed by atoms with Crippen LogP contribution in [0.25, 0.3) is 0 Å². The van der Waals surface area contributed by atoms with Gasteiger partial charge in [-0.15, -0.1) is 12.4 Å². The predicted octanol–water partition coefficient (Wildman–Crippen LogP) is 1.01. The number of carbonyl (C=O) groups excluding carboxylic acids is 1. The number of nitrogens with two attached hydrogens (primary N) is 1. The molecule has 0 bridgehead atoms. The monoisotopic (exact) mass is 333 g/mol. The van der Waals surface area contributed by atoms with Crippen LogP contribution in [0.2, 0.25) is 0 Å². The van der Waals surface area contributed by atoms with Crippen LogP contribution in [0.1, 0.15) is 24.8 Å². The molecule has 0 saturated carbocycles. The Morgan fingerprint density at radius 3 is 2.76 bits per heavy atom. The highest BCUT2D eigenvalue weighted by atomic mass is 35.5. The van der Waals surface area contributed by atoms with E-state index in [4.69, 9.17) is 5.73 Å². The molecule has 1 aromatic carbocycles. The number of sulfonamides is 1. The van der Waals surface area contributed by atoms with Gasteiger partial charge in [0.2, 0.25) is 15.9 Å². The number of aryl methyl sites for hydroxylation is 1. The SMILES string of the molecule is Cl.NCCCNS(=O)(=O)c1ccc2c(c1)CCCC(=O)N2. The fourth-order valence-electron chi connectivity index (χ4n) is 2.11. The van der Waals surface area contributed by atoms with Crippen molar-refractivity contribution in [1.29, 1.82) is 0 Å². The van der Waals surface area contributed by atoms with Gasteiger partial charge in [0.15, 0.2) is 0 Å². The van der Waals surface area contributed by atoms with E-state index in [9.17, 15) is 13.2 Å².